The van der Waals surface area contributed by atoms with Crippen molar-refractivity contribution in [2.24, 2.45) is 0 Å². The zero-order valence-electron chi connectivity index (χ0n) is 32.6. The van der Waals surface area contributed by atoms with Gasteiger partial charge in [-0.25, -0.2) is 0 Å². The average Bonchev–Trinajstić information content (AvgIpc) is 3.84. The zero-order valence-corrected chi connectivity index (χ0v) is 32.6. The van der Waals surface area contributed by atoms with Gasteiger partial charge in [0.25, 0.3) is 0 Å². The highest BCUT2D eigenvalue weighted by atomic mass is 16.3. The van der Waals surface area contributed by atoms with Gasteiger partial charge in [0.15, 0.2) is 5.58 Å². The number of hydrogen-bond acceptors (Lipinski definition) is 1. The van der Waals surface area contributed by atoms with Gasteiger partial charge in [-0.1, -0.05) is 142 Å². The standard InChI is InChI=1S/C51H37B2N3O/c1-28-26-37-47-38(27-28)53(44-31(4)16-13-17-32(44)5)46-36-20-7-10-22-40(36)55-48-41(25-24-34-33-18-8-11-23-42(33)57-49(34)48)54-39-21-9-6-19-35(39)45(50(54)56(47)51(46)55)52(37)43-29(2)14-12-15-30(43)3/h6-27H,1-5H3. The third-order valence-corrected chi connectivity index (χ3v) is 13.6. The van der Waals surface area contributed by atoms with Crippen molar-refractivity contribution < 1.29 is 4.42 Å². The van der Waals surface area contributed by atoms with Crippen LogP contribution in [0.5, 0.6) is 0 Å². The molecule has 0 N–H and O–H groups in total. The number of aryl methyl sites for hydroxylation is 5. The van der Waals surface area contributed by atoms with Gasteiger partial charge in [-0.05, 0) is 97.6 Å². The topological polar surface area (TPSA) is 26.9 Å². The van der Waals surface area contributed by atoms with Crippen LogP contribution in [-0.4, -0.2) is 26.8 Å². The van der Waals surface area contributed by atoms with Gasteiger partial charge in [-0.2, -0.15) is 0 Å². The molecule has 0 aliphatic carbocycles. The summed E-state index contributed by atoms with van der Waals surface area (Å²) in [6.45, 7) is 11.5. The lowest BCUT2D eigenvalue weighted by atomic mass is 9.30. The zero-order chi connectivity index (χ0) is 38.0. The smallest absolute Gasteiger partial charge is 0.250 e. The van der Waals surface area contributed by atoms with Gasteiger partial charge in [-0.15, -0.1) is 0 Å². The van der Waals surface area contributed by atoms with Crippen LogP contribution >= 0.6 is 0 Å². The van der Waals surface area contributed by atoms with E-state index < -0.39 is 0 Å². The van der Waals surface area contributed by atoms with E-state index in [4.69, 9.17) is 4.42 Å². The first kappa shape index (κ1) is 31.5. The highest BCUT2D eigenvalue weighted by molar-refractivity contribution is 7.03. The molecule has 0 bridgehead atoms. The van der Waals surface area contributed by atoms with Gasteiger partial charge in [-0.3, -0.25) is 13.4 Å². The highest BCUT2D eigenvalue weighted by Gasteiger charge is 2.45. The minimum atomic E-state index is 0.00618. The normalized spacial score (nSPS) is 13.3. The Labute approximate surface area is 330 Å². The first-order valence-electron chi connectivity index (χ1n) is 20.2. The molecule has 6 heterocycles. The second-order valence-electron chi connectivity index (χ2n) is 16.7. The van der Waals surface area contributed by atoms with Crippen molar-refractivity contribution in [2.45, 2.75) is 34.6 Å². The quantitative estimate of drug-likeness (QED) is 0.165. The number of benzene rings is 7. The molecule has 7 aromatic carbocycles. The van der Waals surface area contributed by atoms with Crippen LogP contribution in [0.1, 0.15) is 27.8 Å². The van der Waals surface area contributed by atoms with Crippen molar-refractivity contribution in [1.29, 1.82) is 0 Å². The van der Waals surface area contributed by atoms with E-state index in [1.165, 1.54) is 99.4 Å². The maximum atomic E-state index is 7.06. The van der Waals surface area contributed by atoms with Crippen LogP contribution in [0, 0.1) is 34.6 Å². The molecule has 11 aromatic rings. The Morgan fingerprint density at radius 1 is 0.439 bits per heavy atom. The molecule has 268 valence electrons. The Hall–Kier alpha value is -6.65. The maximum absolute atomic E-state index is 7.06. The van der Waals surface area contributed by atoms with Crippen LogP contribution in [0.2, 0.25) is 0 Å². The van der Waals surface area contributed by atoms with Gasteiger partial charge < -0.3 is 4.42 Å². The summed E-state index contributed by atoms with van der Waals surface area (Å²) in [6, 6.07) is 50.0. The molecule has 0 unspecified atom stereocenters. The molecule has 0 radical (unpaired) electrons. The summed E-state index contributed by atoms with van der Waals surface area (Å²) in [7, 11) is 0. The molecule has 0 saturated heterocycles. The Morgan fingerprint density at radius 3 is 1.54 bits per heavy atom. The van der Waals surface area contributed by atoms with Crippen LogP contribution in [0.25, 0.3) is 71.8 Å². The molecular formula is C51H37B2N3O. The fourth-order valence-corrected chi connectivity index (χ4v) is 11.5. The monoisotopic (exact) mass is 729 g/mol. The lowest BCUT2D eigenvalue weighted by molar-refractivity contribution is 0.671. The Balaban J connectivity index is 1.42. The summed E-state index contributed by atoms with van der Waals surface area (Å²) in [5.41, 5.74) is 25.0. The summed E-state index contributed by atoms with van der Waals surface area (Å²) in [5.74, 6) is 0. The van der Waals surface area contributed by atoms with Gasteiger partial charge in [0, 0.05) is 16.5 Å². The number of para-hydroxylation sites is 3. The van der Waals surface area contributed by atoms with E-state index in [0.29, 0.717) is 0 Å². The van der Waals surface area contributed by atoms with Crippen LogP contribution in [0.4, 0.5) is 0 Å². The Bertz CT molecular complexity index is 3610. The van der Waals surface area contributed by atoms with Crippen molar-refractivity contribution >= 4 is 112 Å². The largest absolute Gasteiger partial charge is 0.454 e. The summed E-state index contributed by atoms with van der Waals surface area (Å²) in [6.07, 6.45) is 0. The van der Waals surface area contributed by atoms with Crippen LogP contribution < -0.4 is 32.8 Å². The first-order chi connectivity index (χ1) is 27.9. The summed E-state index contributed by atoms with van der Waals surface area (Å²) in [5, 5.41) is 4.82. The molecule has 6 heteroatoms. The number of aromatic nitrogens is 3. The van der Waals surface area contributed by atoms with Gasteiger partial charge in [0.05, 0.1) is 16.6 Å². The minimum absolute atomic E-state index is 0.00618. The van der Waals surface area contributed by atoms with Gasteiger partial charge >= 0.3 is 0 Å². The Kier molecular flexibility index (Phi) is 5.98. The van der Waals surface area contributed by atoms with E-state index >= 15 is 0 Å². The molecule has 0 saturated carbocycles. The highest BCUT2D eigenvalue weighted by Crippen LogP contribution is 2.40. The summed E-state index contributed by atoms with van der Waals surface area (Å²) in [4.78, 5) is 0. The molecular weight excluding hydrogens is 692 g/mol. The molecule has 0 atom stereocenters. The van der Waals surface area contributed by atoms with Crippen molar-refractivity contribution in [1.82, 2.24) is 13.4 Å². The number of furan rings is 1. The molecule has 0 spiro atoms. The average molecular weight is 730 g/mol. The Morgan fingerprint density at radius 2 is 0.947 bits per heavy atom. The second-order valence-corrected chi connectivity index (χ2v) is 16.7. The first-order valence-corrected chi connectivity index (χ1v) is 20.2. The lowest BCUT2D eigenvalue weighted by Crippen LogP contribution is -2.64. The van der Waals surface area contributed by atoms with Gasteiger partial charge in [0.1, 0.15) is 22.4 Å². The number of nitrogens with zero attached hydrogens (tertiary/aromatic N) is 3. The second kappa shape index (κ2) is 10.8. The molecule has 13 rings (SSSR count). The fraction of sp³-hybridized carbons (Fsp3) is 0.0980. The van der Waals surface area contributed by atoms with Crippen LogP contribution in [0.15, 0.2) is 138 Å². The number of hydrogen-bond donors (Lipinski definition) is 0. The van der Waals surface area contributed by atoms with Crippen LogP contribution in [-0.2, 0) is 0 Å². The molecule has 4 aromatic heterocycles. The van der Waals surface area contributed by atoms with Gasteiger partial charge in [0.2, 0.25) is 13.4 Å². The minimum Gasteiger partial charge on any atom is -0.454 e. The molecule has 0 fully saturated rings. The van der Waals surface area contributed by atoms with E-state index in [0.717, 1.165) is 33.0 Å². The third-order valence-electron chi connectivity index (χ3n) is 13.6. The van der Waals surface area contributed by atoms with E-state index in [1.807, 2.05) is 0 Å². The van der Waals surface area contributed by atoms with Crippen LogP contribution in [0.3, 0.4) is 0 Å². The molecule has 2 aliphatic heterocycles. The summed E-state index contributed by atoms with van der Waals surface area (Å²) >= 11 is 0. The number of fused-ring (bicyclic) bond motifs is 13. The van der Waals surface area contributed by atoms with Crippen molar-refractivity contribution in [3.63, 3.8) is 0 Å². The molecule has 0 amide bonds. The van der Waals surface area contributed by atoms with E-state index in [1.54, 1.807) is 0 Å². The summed E-state index contributed by atoms with van der Waals surface area (Å²) < 4.78 is 14.9. The van der Waals surface area contributed by atoms with Crippen molar-refractivity contribution in [2.75, 3.05) is 0 Å². The van der Waals surface area contributed by atoms with Crippen molar-refractivity contribution in [3.05, 3.63) is 161 Å². The van der Waals surface area contributed by atoms with Crippen molar-refractivity contribution in [3.8, 4) is 5.69 Å². The lowest BCUT2D eigenvalue weighted by Gasteiger charge is -2.35. The predicted molar refractivity (Wildman–Crippen MR) is 242 cm³/mol. The SMILES string of the molecule is Cc1cc2c3c(c1)B(c1c(C)cccc1C)c1c4ccccc4n4c5c6oc7ccccc7c6ccc5n5c6ccccc6c(c5n-3c14)B2c1c(C)cccc1C. The van der Waals surface area contributed by atoms with E-state index in [2.05, 4.69) is 181 Å². The maximum Gasteiger partial charge on any atom is 0.250 e. The molecule has 2 aliphatic rings. The van der Waals surface area contributed by atoms with E-state index in [-0.39, 0.29) is 13.4 Å². The fourth-order valence-electron chi connectivity index (χ4n) is 11.5. The molecule has 57 heavy (non-hydrogen) atoms. The number of rotatable bonds is 2. The third kappa shape index (κ3) is 3.77. The van der Waals surface area contributed by atoms with E-state index in [9.17, 15) is 0 Å². The predicted octanol–water partition coefficient (Wildman–Crippen LogP) is 8.11. The molecule has 4 nitrogen and oxygen atoms in total.